The third-order valence-electron chi connectivity index (χ3n) is 4.36. The number of anilines is 1. The van der Waals surface area contributed by atoms with Crippen LogP contribution in [-0.2, 0) is 22.9 Å². The largest absolute Gasteiger partial charge is 0.516 e. The average Bonchev–Trinajstić information content (AvgIpc) is 2.82. The Morgan fingerprint density at radius 3 is 2.58 bits per heavy atom. The highest BCUT2D eigenvalue weighted by atomic mass is 32.2. The third kappa shape index (κ3) is 3.63. The number of aliphatic hydroxyl groups excluding tert-OH is 1. The molecule has 0 amide bonds. The van der Waals surface area contributed by atoms with Gasteiger partial charge in [-0.05, 0) is 59.7 Å². The van der Waals surface area contributed by atoms with Crippen molar-refractivity contribution < 1.29 is 31.8 Å². The summed E-state index contributed by atoms with van der Waals surface area (Å²) in [5.74, 6) is -0.173. The maximum absolute atomic E-state index is 12.5. The highest BCUT2D eigenvalue weighted by molar-refractivity contribution is 7.93. The number of benzene rings is 2. The van der Waals surface area contributed by atoms with E-state index in [9.17, 15) is 31.8 Å². The molecule has 0 unspecified atom stereocenters. The van der Waals surface area contributed by atoms with Crippen LogP contribution in [-0.4, -0.2) is 24.1 Å². The number of halogens is 3. The number of phenolic OH excluding ortho intramolecular Hbond substituents is 1. The summed E-state index contributed by atoms with van der Waals surface area (Å²) in [5.41, 5.74) is -3.47. The summed E-state index contributed by atoms with van der Waals surface area (Å²) in [7, 11) is -5.48. The first-order chi connectivity index (χ1) is 12.1. The van der Waals surface area contributed by atoms with Crippen molar-refractivity contribution in [3.63, 3.8) is 0 Å². The van der Waals surface area contributed by atoms with E-state index in [0.717, 1.165) is 5.56 Å². The van der Waals surface area contributed by atoms with E-state index >= 15 is 0 Å². The van der Waals surface area contributed by atoms with Crippen molar-refractivity contribution in [3.8, 4) is 5.75 Å². The van der Waals surface area contributed by atoms with Crippen LogP contribution in [0, 0.1) is 5.92 Å². The minimum atomic E-state index is -5.48. The fourth-order valence-electron chi connectivity index (χ4n) is 3.15. The first-order valence-electron chi connectivity index (χ1n) is 7.75. The molecule has 140 valence electrons. The summed E-state index contributed by atoms with van der Waals surface area (Å²) in [4.78, 5) is 0. The lowest BCUT2D eigenvalue weighted by Crippen LogP contribution is -2.29. The number of alkyl halides is 3. The number of nitrogens with one attached hydrogen (secondary N) is 1. The summed E-state index contributed by atoms with van der Waals surface area (Å²) in [5, 5.41) is 20.0. The van der Waals surface area contributed by atoms with E-state index in [2.05, 4.69) is 0 Å². The molecule has 0 saturated heterocycles. The highest BCUT2D eigenvalue weighted by Crippen LogP contribution is 2.39. The van der Waals surface area contributed by atoms with Gasteiger partial charge in [0.2, 0.25) is 0 Å². The maximum Gasteiger partial charge on any atom is 0.516 e. The first-order valence-corrected chi connectivity index (χ1v) is 9.23. The van der Waals surface area contributed by atoms with Crippen molar-refractivity contribution in [3.05, 3.63) is 59.2 Å². The third-order valence-corrected chi connectivity index (χ3v) is 5.47. The SMILES string of the molecule is O=S(=O)(Nc1cccc(C[C@H]2Cc3ccc(O)cc3[C@H]2O)c1)C(F)(F)F. The zero-order valence-electron chi connectivity index (χ0n) is 13.4. The Kier molecular flexibility index (Phi) is 4.61. The Morgan fingerprint density at radius 2 is 1.88 bits per heavy atom. The molecule has 2 aromatic carbocycles. The lowest BCUT2D eigenvalue weighted by atomic mass is 9.94. The molecule has 1 aliphatic carbocycles. The molecule has 0 heterocycles. The first kappa shape index (κ1) is 18.5. The van der Waals surface area contributed by atoms with Gasteiger partial charge >= 0.3 is 15.5 Å². The quantitative estimate of drug-likeness (QED) is 0.753. The minimum absolute atomic E-state index is 0.0482. The zero-order chi connectivity index (χ0) is 19.1. The summed E-state index contributed by atoms with van der Waals surface area (Å²) in [6.45, 7) is 0. The van der Waals surface area contributed by atoms with Crippen LogP contribution < -0.4 is 4.72 Å². The molecule has 3 N–H and O–H groups in total. The van der Waals surface area contributed by atoms with E-state index in [1.165, 1.54) is 35.1 Å². The van der Waals surface area contributed by atoms with Crippen LogP contribution >= 0.6 is 0 Å². The van der Waals surface area contributed by atoms with Crippen LogP contribution in [0.5, 0.6) is 5.75 Å². The second-order valence-corrected chi connectivity index (χ2v) is 7.92. The fourth-order valence-corrected chi connectivity index (χ4v) is 3.71. The number of phenols is 1. The van der Waals surface area contributed by atoms with E-state index in [0.29, 0.717) is 24.0 Å². The molecular weight excluding hydrogens is 371 g/mol. The van der Waals surface area contributed by atoms with Crippen LogP contribution in [0.1, 0.15) is 22.8 Å². The Labute approximate surface area is 148 Å². The Hall–Kier alpha value is -2.26. The molecule has 0 aromatic heterocycles. The van der Waals surface area contributed by atoms with Crippen LogP contribution in [0.4, 0.5) is 18.9 Å². The van der Waals surface area contributed by atoms with Crippen LogP contribution in [0.3, 0.4) is 0 Å². The number of aromatic hydroxyl groups is 1. The van der Waals surface area contributed by atoms with Gasteiger partial charge in [0.15, 0.2) is 0 Å². The van der Waals surface area contributed by atoms with E-state index in [-0.39, 0.29) is 17.4 Å². The predicted molar refractivity (Wildman–Crippen MR) is 89.0 cm³/mol. The number of fused-ring (bicyclic) bond motifs is 1. The molecule has 26 heavy (non-hydrogen) atoms. The van der Waals surface area contributed by atoms with Crippen molar-refractivity contribution in [2.75, 3.05) is 4.72 Å². The van der Waals surface area contributed by atoms with Crippen LogP contribution in [0.25, 0.3) is 0 Å². The minimum Gasteiger partial charge on any atom is -0.508 e. The van der Waals surface area contributed by atoms with Gasteiger partial charge in [-0.1, -0.05) is 18.2 Å². The topological polar surface area (TPSA) is 86.6 Å². The van der Waals surface area contributed by atoms with E-state index in [1.807, 2.05) is 0 Å². The van der Waals surface area contributed by atoms with Crippen LogP contribution in [0.15, 0.2) is 42.5 Å². The molecule has 9 heteroatoms. The van der Waals surface area contributed by atoms with Crippen molar-refractivity contribution >= 4 is 15.7 Å². The molecule has 0 saturated carbocycles. The molecule has 3 rings (SSSR count). The molecule has 0 bridgehead atoms. The summed E-state index contributed by atoms with van der Waals surface area (Å²) in [6.07, 6.45) is 0.0839. The molecule has 0 aliphatic heterocycles. The second kappa shape index (κ2) is 6.48. The van der Waals surface area contributed by atoms with Gasteiger partial charge in [0.25, 0.3) is 0 Å². The fraction of sp³-hybridized carbons (Fsp3) is 0.294. The molecule has 2 atom stereocenters. The second-order valence-electron chi connectivity index (χ2n) is 6.25. The van der Waals surface area contributed by atoms with Crippen LogP contribution in [0.2, 0.25) is 0 Å². The van der Waals surface area contributed by atoms with Gasteiger partial charge in [-0.25, -0.2) is 0 Å². The van der Waals surface area contributed by atoms with Crippen molar-refractivity contribution in [2.45, 2.75) is 24.5 Å². The zero-order valence-corrected chi connectivity index (χ0v) is 14.2. The summed E-state index contributed by atoms with van der Waals surface area (Å²) in [6, 6.07) is 10.4. The number of hydrogen-bond acceptors (Lipinski definition) is 4. The van der Waals surface area contributed by atoms with Gasteiger partial charge in [-0.2, -0.15) is 21.6 Å². The smallest absolute Gasteiger partial charge is 0.508 e. The normalized spacial score (nSPS) is 20.0. The van der Waals surface area contributed by atoms with Crippen molar-refractivity contribution in [2.24, 2.45) is 5.92 Å². The maximum atomic E-state index is 12.5. The van der Waals surface area contributed by atoms with Gasteiger partial charge in [-0.3, -0.25) is 4.72 Å². The average molecular weight is 387 g/mol. The molecular formula is C17H16F3NO4S. The van der Waals surface area contributed by atoms with E-state index in [1.54, 1.807) is 12.1 Å². The highest BCUT2D eigenvalue weighted by Gasteiger charge is 2.46. The molecule has 5 nitrogen and oxygen atoms in total. The van der Waals surface area contributed by atoms with Crippen molar-refractivity contribution in [1.29, 1.82) is 0 Å². The molecule has 1 aliphatic rings. The number of aliphatic hydroxyl groups is 1. The molecule has 2 aromatic rings. The Balaban J connectivity index is 1.76. The summed E-state index contributed by atoms with van der Waals surface area (Å²) < 4.78 is 61.4. The predicted octanol–water partition coefficient (Wildman–Crippen LogP) is 3.10. The Morgan fingerprint density at radius 1 is 1.15 bits per heavy atom. The molecule has 0 fully saturated rings. The van der Waals surface area contributed by atoms with E-state index in [4.69, 9.17) is 0 Å². The van der Waals surface area contributed by atoms with Gasteiger partial charge in [0, 0.05) is 5.69 Å². The Bertz CT molecular complexity index is 928. The number of hydrogen-bond donors (Lipinski definition) is 3. The lowest BCUT2D eigenvalue weighted by Gasteiger charge is -2.16. The van der Waals surface area contributed by atoms with E-state index < -0.39 is 21.6 Å². The summed E-state index contributed by atoms with van der Waals surface area (Å²) >= 11 is 0. The van der Waals surface area contributed by atoms with Gasteiger partial charge in [-0.15, -0.1) is 0 Å². The number of sulfonamides is 1. The van der Waals surface area contributed by atoms with Gasteiger partial charge in [0.1, 0.15) is 5.75 Å². The van der Waals surface area contributed by atoms with Gasteiger partial charge in [0.05, 0.1) is 6.10 Å². The lowest BCUT2D eigenvalue weighted by molar-refractivity contribution is -0.0429. The van der Waals surface area contributed by atoms with Crippen molar-refractivity contribution in [1.82, 2.24) is 0 Å². The molecule has 0 spiro atoms. The monoisotopic (exact) mass is 387 g/mol. The van der Waals surface area contributed by atoms with Gasteiger partial charge < -0.3 is 10.2 Å². The molecule has 0 radical (unpaired) electrons. The number of rotatable bonds is 4. The standard InChI is InChI=1S/C17H16F3NO4S/c18-17(19,20)26(24,25)21-13-3-1-2-10(7-13)6-12-8-11-4-5-14(22)9-15(11)16(12)23/h1-5,7,9,12,16,21-23H,6,8H2/t12-,16-/m0/s1.